The van der Waals surface area contributed by atoms with Gasteiger partial charge in [-0.25, -0.2) is 0 Å². The van der Waals surface area contributed by atoms with Gasteiger partial charge in [-0.2, -0.15) is 0 Å². The molecule has 0 spiro atoms. The number of aromatic hydroxyl groups is 1. The van der Waals surface area contributed by atoms with Crippen LogP contribution in [-0.4, -0.2) is 5.11 Å². The predicted molar refractivity (Wildman–Crippen MR) is 47.3 cm³/mol. The fraction of sp³-hybridized carbons (Fsp3) is 0.333. The first-order valence-corrected chi connectivity index (χ1v) is 4.24. The Kier molecular flexibility index (Phi) is 1.57. The Morgan fingerprint density at radius 3 is 2.64 bits per heavy atom. The van der Waals surface area contributed by atoms with Crippen molar-refractivity contribution in [2.24, 2.45) is 0 Å². The van der Waals surface area contributed by atoms with Crippen molar-refractivity contribution in [3.8, 4) is 5.75 Å². The SMILES string of the molecule is Oc1ccc(C2CC2)cc1S. The van der Waals surface area contributed by atoms with Gasteiger partial charge >= 0.3 is 0 Å². The van der Waals surface area contributed by atoms with Crippen molar-refractivity contribution < 1.29 is 5.11 Å². The fourth-order valence-corrected chi connectivity index (χ4v) is 1.43. The Labute approximate surface area is 71.5 Å². The van der Waals surface area contributed by atoms with Crippen molar-refractivity contribution >= 4 is 12.6 Å². The summed E-state index contributed by atoms with van der Waals surface area (Å²) in [4.78, 5) is 0.689. The zero-order valence-corrected chi connectivity index (χ0v) is 7.01. The fourth-order valence-electron chi connectivity index (χ4n) is 1.21. The first-order chi connectivity index (χ1) is 5.27. The molecular formula is C9H10OS. The molecule has 1 fully saturated rings. The average molecular weight is 166 g/mol. The molecule has 1 aromatic carbocycles. The Morgan fingerprint density at radius 1 is 1.36 bits per heavy atom. The lowest BCUT2D eigenvalue weighted by Gasteiger charge is -2.00. The van der Waals surface area contributed by atoms with Crippen molar-refractivity contribution in [2.75, 3.05) is 0 Å². The maximum atomic E-state index is 9.17. The molecule has 0 aliphatic heterocycles. The minimum Gasteiger partial charge on any atom is -0.507 e. The van der Waals surface area contributed by atoms with E-state index in [1.165, 1.54) is 18.4 Å². The topological polar surface area (TPSA) is 20.2 Å². The molecule has 1 aromatic rings. The molecule has 0 bridgehead atoms. The van der Waals surface area contributed by atoms with Crippen LogP contribution in [0.5, 0.6) is 5.75 Å². The molecule has 11 heavy (non-hydrogen) atoms. The van der Waals surface area contributed by atoms with Gasteiger partial charge in [0.1, 0.15) is 5.75 Å². The second-order valence-corrected chi connectivity index (χ2v) is 3.50. The molecule has 0 heterocycles. The monoisotopic (exact) mass is 166 g/mol. The van der Waals surface area contributed by atoms with Crippen LogP contribution in [0.3, 0.4) is 0 Å². The predicted octanol–water partition coefficient (Wildman–Crippen LogP) is 2.56. The van der Waals surface area contributed by atoms with Crippen molar-refractivity contribution in [3.63, 3.8) is 0 Å². The van der Waals surface area contributed by atoms with E-state index >= 15 is 0 Å². The number of phenols is 1. The Morgan fingerprint density at radius 2 is 2.09 bits per heavy atom. The lowest BCUT2D eigenvalue weighted by atomic mass is 10.1. The van der Waals surface area contributed by atoms with Gasteiger partial charge < -0.3 is 5.11 Å². The molecule has 2 heteroatoms. The standard InChI is InChI=1S/C9H10OS/c10-8-4-3-7(5-9(8)11)6-1-2-6/h3-6,10-11H,1-2H2. The molecule has 1 aliphatic carbocycles. The molecule has 0 radical (unpaired) electrons. The van der Waals surface area contributed by atoms with Crippen molar-refractivity contribution in [2.45, 2.75) is 23.7 Å². The maximum absolute atomic E-state index is 9.17. The van der Waals surface area contributed by atoms with Crippen LogP contribution < -0.4 is 0 Å². The highest BCUT2D eigenvalue weighted by Gasteiger charge is 2.23. The normalized spacial score (nSPS) is 16.8. The highest BCUT2D eigenvalue weighted by Crippen LogP contribution is 2.41. The summed E-state index contributed by atoms with van der Waals surface area (Å²) < 4.78 is 0. The van der Waals surface area contributed by atoms with E-state index in [1.54, 1.807) is 6.07 Å². The van der Waals surface area contributed by atoms with Crippen molar-refractivity contribution in [1.29, 1.82) is 0 Å². The van der Waals surface area contributed by atoms with Crippen molar-refractivity contribution in [1.82, 2.24) is 0 Å². The van der Waals surface area contributed by atoms with E-state index in [0.29, 0.717) is 4.90 Å². The molecule has 0 atom stereocenters. The lowest BCUT2D eigenvalue weighted by molar-refractivity contribution is 0.462. The molecule has 0 amide bonds. The molecule has 0 saturated heterocycles. The van der Waals surface area contributed by atoms with Gasteiger partial charge in [0, 0.05) is 4.90 Å². The van der Waals surface area contributed by atoms with E-state index in [4.69, 9.17) is 5.11 Å². The third-order valence-electron chi connectivity index (χ3n) is 2.05. The quantitative estimate of drug-likeness (QED) is 0.614. The lowest BCUT2D eigenvalue weighted by Crippen LogP contribution is -1.78. The van der Waals surface area contributed by atoms with Crippen LogP contribution in [0.25, 0.3) is 0 Å². The summed E-state index contributed by atoms with van der Waals surface area (Å²) in [5, 5.41) is 9.17. The zero-order chi connectivity index (χ0) is 7.84. The first kappa shape index (κ1) is 7.04. The van der Waals surface area contributed by atoms with Crippen LogP contribution in [0.1, 0.15) is 24.3 Å². The van der Waals surface area contributed by atoms with Gasteiger partial charge in [0.15, 0.2) is 0 Å². The molecule has 58 valence electrons. The maximum Gasteiger partial charge on any atom is 0.128 e. The van der Waals surface area contributed by atoms with Gasteiger partial charge in [0.2, 0.25) is 0 Å². The van der Waals surface area contributed by atoms with Crippen molar-refractivity contribution in [3.05, 3.63) is 23.8 Å². The Balaban J connectivity index is 2.36. The zero-order valence-electron chi connectivity index (χ0n) is 6.12. The molecule has 2 rings (SSSR count). The van der Waals surface area contributed by atoms with E-state index in [-0.39, 0.29) is 5.75 Å². The summed E-state index contributed by atoms with van der Waals surface area (Å²) in [5.41, 5.74) is 1.31. The van der Waals surface area contributed by atoms with E-state index in [0.717, 1.165) is 5.92 Å². The summed E-state index contributed by atoms with van der Waals surface area (Å²) in [5.74, 6) is 1.01. The van der Waals surface area contributed by atoms with Crippen LogP contribution in [0.2, 0.25) is 0 Å². The smallest absolute Gasteiger partial charge is 0.128 e. The van der Waals surface area contributed by atoms with Crippen LogP contribution >= 0.6 is 12.6 Å². The number of hydrogen-bond acceptors (Lipinski definition) is 2. The molecular weight excluding hydrogens is 156 g/mol. The van der Waals surface area contributed by atoms with Gasteiger partial charge in [-0.05, 0) is 36.5 Å². The minimum absolute atomic E-state index is 0.276. The summed E-state index contributed by atoms with van der Waals surface area (Å²) in [6, 6.07) is 5.65. The van der Waals surface area contributed by atoms with E-state index in [2.05, 4.69) is 12.6 Å². The van der Waals surface area contributed by atoms with Crippen LogP contribution in [-0.2, 0) is 0 Å². The summed E-state index contributed by atoms with van der Waals surface area (Å²) >= 11 is 4.14. The third kappa shape index (κ3) is 1.36. The molecule has 1 aliphatic rings. The molecule has 1 nitrogen and oxygen atoms in total. The Hall–Kier alpha value is -0.630. The largest absolute Gasteiger partial charge is 0.507 e. The van der Waals surface area contributed by atoms with Crippen LogP contribution in [0, 0.1) is 0 Å². The summed E-state index contributed by atoms with van der Waals surface area (Å²) in [6.07, 6.45) is 2.58. The molecule has 0 unspecified atom stereocenters. The van der Waals surface area contributed by atoms with E-state index in [9.17, 15) is 0 Å². The first-order valence-electron chi connectivity index (χ1n) is 3.79. The van der Waals surface area contributed by atoms with Crippen LogP contribution in [0.15, 0.2) is 23.1 Å². The van der Waals surface area contributed by atoms with E-state index < -0.39 is 0 Å². The van der Waals surface area contributed by atoms with E-state index in [1.807, 2.05) is 12.1 Å². The molecule has 1 N–H and O–H groups in total. The molecule has 1 saturated carbocycles. The van der Waals surface area contributed by atoms with Gasteiger partial charge in [0.25, 0.3) is 0 Å². The summed E-state index contributed by atoms with van der Waals surface area (Å²) in [6.45, 7) is 0. The highest BCUT2D eigenvalue weighted by molar-refractivity contribution is 7.80. The minimum atomic E-state index is 0.276. The number of rotatable bonds is 1. The van der Waals surface area contributed by atoms with Gasteiger partial charge in [-0.3, -0.25) is 0 Å². The van der Waals surface area contributed by atoms with Gasteiger partial charge in [0.05, 0.1) is 0 Å². The number of thiol groups is 1. The average Bonchev–Trinajstić information content (AvgIpc) is 2.77. The Bertz CT molecular complexity index is 279. The van der Waals surface area contributed by atoms with Gasteiger partial charge in [-0.1, -0.05) is 6.07 Å². The number of phenolic OH excluding ortho intramolecular Hbond substituents is 1. The second kappa shape index (κ2) is 2.45. The third-order valence-corrected chi connectivity index (χ3v) is 2.41. The summed E-state index contributed by atoms with van der Waals surface area (Å²) in [7, 11) is 0. The number of benzene rings is 1. The highest BCUT2D eigenvalue weighted by atomic mass is 32.1. The van der Waals surface area contributed by atoms with Gasteiger partial charge in [-0.15, -0.1) is 12.6 Å². The molecule has 0 aromatic heterocycles. The second-order valence-electron chi connectivity index (χ2n) is 3.02. The number of hydrogen-bond donors (Lipinski definition) is 2. The van der Waals surface area contributed by atoms with Crippen LogP contribution in [0.4, 0.5) is 0 Å².